The third kappa shape index (κ3) is 3.79. The van der Waals surface area contributed by atoms with Gasteiger partial charge in [-0.3, -0.25) is 4.79 Å². The van der Waals surface area contributed by atoms with Crippen LogP contribution in [0.15, 0.2) is 23.4 Å². The minimum Gasteiger partial charge on any atom is -0.497 e. The molecule has 2 atom stereocenters. The molecule has 23 heavy (non-hydrogen) atoms. The summed E-state index contributed by atoms with van der Waals surface area (Å²) in [5.41, 5.74) is 1.78. The number of imidazole rings is 1. The molecule has 1 aromatic carbocycles. The number of carbonyl (C=O) groups excluding carboxylic acids is 1. The number of H-pyrrole nitrogens is 1. The highest BCUT2D eigenvalue weighted by Crippen LogP contribution is 2.23. The van der Waals surface area contributed by atoms with E-state index in [4.69, 9.17) is 9.47 Å². The van der Waals surface area contributed by atoms with Crippen molar-refractivity contribution in [1.29, 1.82) is 0 Å². The van der Waals surface area contributed by atoms with Crippen LogP contribution in [0.2, 0.25) is 0 Å². The first-order chi connectivity index (χ1) is 11.0. The van der Waals surface area contributed by atoms with E-state index in [0.29, 0.717) is 18.8 Å². The van der Waals surface area contributed by atoms with Crippen LogP contribution in [-0.4, -0.2) is 58.9 Å². The van der Waals surface area contributed by atoms with E-state index in [0.717, 1.165) is 21.9 Å². The molecule has 1 N–H and O–H groups in total. The number of hydrogen-bond donors (Lipinski definition) is 1. The number of methoxy groups -OCH3 is 1. The highest BCUT2D eigenvalue weighted by atomic mass is 32.2. The summed E-state index contributed by atoms with van der Waals surface area (Å²) in [6, 6.07) is 5.68. The van der Waals surface area contributed by atoms with E-state index in [1.54, 1.807) is 7.11 Å². The van der Waals surface area contributed by atoms with Crippen molar-refractivity contribution in [2.75, 3.05) is 26.0 Å². The molecule has 7 heteroatoms. The monoisotopic (exact) mass is 335 g/mol. The van der Waals surface area contributed by atoms with E-state index in [-0.39, 0.29) is 18.1 Å². The molecule has 2 aromatic rings. The number of aromatic nitrogens is 2. The summed E-state index contributed by atoms with van der Waals surface area (Å²) >= 11 is 1.42. The van der Waals surface area contributed by atoms with Crippen LogP contribution in [0.4, 0.5) is 0 Å². The van der Waals surface area contributed by atoms with Gasteiger partial charge in [0, 0.05) is 19.2 Å². The van der Waals surface area contributed by atoms with Gasteiger partial charge in [0.25, 0.3) is 0 Å². The normalized spacial score (nSPS) is 21.6. The Kier molecular flexibility index (Phi) is 4.77. The van der Waals surface area contributed by atoms with Crippen molar-refractivity contribution in [3.63, 3.8) is 0 Å². The molecule has 3 rings (SSSR count). The molecule has 0 bridgehead atoms. The SMILES string of the molecule is COc1ccc2nc(SCC(=O)N3C[C@H](C)O[C@@H](C)C3)[nH]c2c1. The standard InChI is InChI=1S/C16H21N3O3S/c1-10-7-19(8-11(2)22-10)15(20)9-23-16-17-13-5-4-12(21-3)6-14(13)18-16/h4-6,10-11H,7-9H2,1-3H3,(H,17,18)/t10-,11-/m0/s1. The molecule has 124 valence electrons. The zero-order valence-corrected chi connectivity index (χ0v) is 14.4. The Morgan fingerprint density at radius 3 is 2.87 bits per heavy atom. The number of fused-ring (bicyclic) bond motifs is 1. The third-order valence-electron chi connectivity index (χ3n) is 3.77. The molecule has 1 aliphatic heterocycles. The van der Waals surface area contributed by atoms with Gasteiger partial charge in [0.15, 0.2) is 5.16 Å². The summed E-state index contributed by atoms with van der Waals surface area (Å²) in [5.74, 6) is 1.27. The minimum absolute atomic E-state index is 0.0892. The topological polar surface area (TPSA) is 67.4 Å². The number of carbonyl (C=O) groups is 1. The zero-order chi connectivity index (χ0) is 16.4. The summed E-state index contributed by atoms with van der Waals surface area (Å²) in [6.07, 6.45) is 0.178. The van der Waals surface area contributed by atoms with Crippen molar-refractivity contribution in [2.45, 2.75) is 31.2 Å². The van der Waals surface area contributed by atoms with Crippen LogP contribution in [0.1, 0.15) is 13.8 Å². The number of thioether (sulfide) groups is 1. The second-order valence-electron chi connectivity index (χ2n) is 5.77. The number of aromatic amines is 1. The van der Waals surface area contributed by atoms with Crippen LogP contribution in [0.3, 0.4) is 0 Å². The van der Waals surface area contributed by atoms with Crippen molar-refractivity contribution in [3.8, 4) is 5.75 Å². The van der Waals surface area contributed by atoms with Crippen LogP contribution in [0.25, 0.3) is 11.0 Å². The lowest BCUT2D eigenvalue weighted by molar-refractivity contribution is -0.140. The summed E-state index contributed by atoms with van der Waals surface area (Å²) in [6.45, 7) is 5.30. The first-order valence-electron chi connectivity index (χ1n) is 7.65. The maximum Gasteiger partial charge on any atom is 0.233 e. The molecule has 1 aliphatic rings. The summed E-state index contributed by atoms with van der Waals surface area (Å²) in [5, 5.41) is 0.746. The van der Waals surface area contributed by atoms with E-state index in [1.165, 1.54) is 11.8 Å². The molecule has 1 fully saturated rings. The van der Waals surface area contributed by atoms with E-state index in [1.807, 2.05) is 36.9 Å². The van der Waals surface area contributed by atoms with Crippen molar-refractivity contribution >= 4 is 28.7 Å². The fourth-order valence-corrected chi connectivity index (χ4v) is 3.55. The van der Waals surface area contributed by atoms with Gasteiger partial charge in [-0.15, -0.1) is 0 Å². The fourth-order valence-electron chi connectivity index (χ4n) is 2.76. The van der Waals surface area contributed by atoms with Crippen LogP contribution in [0, 0.1) is 0 Å². The van der Waals surface area contributed by atoms with Gasteiger partial charge in [0.2, 0.25) is 5.91 Å². The summed E-state index contributed by atoms with van der Waals surface area (Å²) in [4.78, 5) is 22.0. The van der Waals surface area contributed by atoms with Crippen LogP contribution < -0.4 is 4.74 Å². The van der Waals surface area contributed by atoms with Gasteiger partial charge in [0.05, 0.1) is 36.1 Å². The number of nitrogens with zero attached hydrogens (tertiary/aromatic N) is 2. The molecular formula is C16H21N3O3S. The Hall–Kier alpha value is -1.73. The number of morpholine rings is 1. The van der Waals surface area contributed by atoms with Crippen LogP contribution in [-0.2, 0) is 9.53 Å². The van der Waals surface area contributed by atoms with Gasteiger partial charge >= 0.3 is 0 Å². The predicted molar refractivity (Wildman–Crippen MR) is 90.0 cm³/mol. The van der Waals surface area contributed by atoms with Gasteiger partial charge < -0.3 is 19.4 Å². The van der Waals surface area contributed by atoms with E-state index in [2.05, 4.69) is 9.97 Å². The van der Waals surface area contributed by atoms with Crippen molar-refractivity contribution in [3.05, 3.63) is 18.2 Å². The first kappa shape index (κ1) is 16.1. The van der Waals surface area contributed by atoms with E-state index < -0.39 is 0 Å². The molecule has 0 spiro atoms. The van der Waals surface area contributed by atoms with Crippen molar-refractivity contribution in [1.82, 2.24) is 14.9 Å². The molecule has 0 saturated carbocycles. The van der Waals surface area contributed by atoms with Gasteiger partial charge in [-0.05, 0) is 26.0 Å². The van der Waals surface area contributed by atoms with Crippen LogP contribution >= 0.6 is 11.8 Å². The smallest absolute Gasteiger partial charge is 0.233 e. The largest absolute Gasteiger partial charge is 0.497 e. The highest BCUT2D eigenvalue weighted by molar-refractivity contribution is 7.99. The van der Waals surface area contributed by atoms with E-state index in [9.17, 15) is 4.79 Å². The van der Waals surface area contributed by atoms with Crippen molar-refractivity contribution < 1.29 is 14.3 Å². The first-order valence-corrected chi connectivity index (χ1v) is 8.63. The molecular weight excluding hydrogens is 314 g/mol. The Bertz CT molecular complexity index is 693. The molecule has 1 aromatic heterocycles. The maximum absolute atomic E-state index is 12.4. The summed E-state index contributed by atoms with van der Waals surface area (Å²) < 4.78 is 10.9. The molecule has 0 aliphatic carbocycles. The Morgan fingerprint density at radius 2 is 2.17 bits per heavy atom. The highest BCUT2D eigenvalue weighted by Gasteiger charge is 2.25. The molecule has 0 radical (unpaired) electrons. The number of rotatable bonds is 4. The number of nitrogens with one attached hydrogen (secondary N) is 1. The lowest BCUT2D eigenvalue weighted by Crippen LogP contribution is -2.48. The Labute approximate surface area is 139 Å². The molecule has 1 saturated heterocycles. The lowest BCUT2D eigenvalue weighted by atomic mass is 10.2. The average molecular weight is 335 g/mol. The number of benzene rings is 1. The number of ether oxygens (including phenoxy) is 2. The lowest BCUT2D eigenvalue weighted by Gasteiger charge is -2.35. The number of hydrogen-bond acceptors (Lipinski definition) is 5. The fraction of sp³-hybridized carbons (Fsp3) is 0.500. The van der Waals surface area contributed by atoms with E-state index >= 15 is 0 Å². The summed E-state index contributed by atoms with van der Waals surface area (Å²) in [7, 11) is 1.64. The Balaban J connectivity index is 1.62. The predicted octanol–water partition coefficient (Wildman–Crippen LogP) is 2.30. The van der Waals surface area contributed by atoms with Gasteiger partial charge in [-0.25, -0.2) is 4.98 Å². The van der Waals surface area contributed by atoms with Crippen LogP contribution in [0.5, 0.6) is 5.75 Å². The average Bonchev–Trinajstić information content (AvgIpc) is 2.93. The molecule has 1 amide bonds. The second kappa shape index (κ2) is 6.80. The van der Waals surface area contributed by atoms with Crippen molar-refractivity contribution in [2.24, 2.45) is 0 Å². The molecule has 6 nitrogen and oxygen atoms in total. The minimum atomic E-state index is 0.0892. The number of amides is 1. The molecule has 0 unspecified atom stereocenters. The maximum atomic E-state index is 12.4. The van der Waals surface area contributed by atoms with Gasteiger partial charge in [-0.2, -0.15) is 0 Å². The zero-order valence-electron chi connectivity index (χ0n) is 13.5. The molecule has 2 heterocycles. The second-order valence-corrected chi connectivity index (χ2v) is 6.73. The van der Waals surface area contributed by atoms with Gasteiger partial charge in [0.1, 0.15) is 5.75 Å². The Morgan fingerprint density at radius 1 is 1.43 bits per heavy atom. The third-order valence-corrected chi connectivity index (χ3v) is 4.63. The van der Waals surface area contributed by atoms with Gasteiger partial charge in [-0.1, -0.05) is 11.8 Å². The quantitative estimate of drug-likeness (QED) is 0.869.